The number of fused-ring (bicyclic) bond motifs is 3. The van der Waals surface area contributed by atoms with Gasteiger partial charge in [0, 0.05) is 18.8 Å². The second-order valence-electron chi connectivity index (χ2n) is 8.91. The molecule has 0 bridgehead atoms. The van der Waals surface area contributed by atoms with Crippen molar-refractivity contribution in [3.05, 3.63) is 34.5 Å². The number of hydrogen-bond acceptors (Lipinski definition) is 7. The molecule has 5 N–H and O–H groups in total. The van der Waals surface area contributed by atoms with Crippen LogP contribution in [0.25, 0.3) is 0 Å². The lowest BCUT2D eigenvalue weighted by molar-refractivity contribution is 0.179. The molecule has 1 aromatic heterocycles. The Labute approximate surface area is 194 Å². The fraction of sp³-hybridized carbons (Fsp3) is 0.545. The van der Waals surface area contributed by atoms with Crippen LogP contribution < -0.4 is 25.4 Å². The highest BCUT2D eigenvalue weighted by Gasteiger charge is 2.30. The summed E-state index contributed by atoms with van der Waals surface area (Å²) in [5.74, 6) is 0.281. The van der Waals surface area contributed by atoms with Crippen molar-refractivity contribution < 1.29 is 13.7 Å². The average molecular weight is 474 g/mol. The Morgan fingerprint density at radius 2 is 1.94 bits per heavy atom. The van der Waals surface area contributed by atoms with Gasteiger partial charge >= 0.3 is 6.03 Å². The summed E-state index contributed by atoms with van der Waals surface area (Å²) in [6.45, 7) is 2.55. The van der Waals surface area contributed by atoms with Gasteiger partial charge in [-0.05, 0) is 67.8 Å². The van der Waals surface area contributed by atoms with Crippen LogP contribution in [0.15, 0.2) is 17.2 Å². The number of amides is 2. The van der Waals surface area contributed by atoms with Crippen LogP contribution in [0.1, 0.15) is 35.1 Å². The molecule has 10 nitrogen and oxygen atoms in total. The van der Waals surface area contributed by atoms with Gasteiger partial charge in [0.05, 0.1) is 18.8 Å². The molecular weight excluding hydrogens is 442 g/mol. The van der Waals surface area contributed by atoms with Crippen molar-refractivity contribution in [2.45, 2.75) is 56.0 Å². The van der Waals surface area contributed by atoms with Crippen molar-refractivity contribution in [2.24, 2.45) is 0 Å². The SMILES string of the molecule is CNCCNC1COc2c(S(=N)(=O)NC(=O)Nc3c4c(cc5c3CCC5)CCC4)cnn2C1. The average Bonchev–Trinajstić information content (AvgIpc) is 3.52. The fourth-order valence-corrected chi connectivity index (χ4v) is 6.12. The normalized spacial score (nSPS) is 20.3. The largest absolute Gasteiger partial charge is 0.475 e. The Bertz CT molecular complexity index is 1140. The third-order valence-corrected chi connectivity index (χ3v) is 8.01. The van der Waals surface area contributed by atoms with E-state index in [1.165, 1.54) is 28.5 Å². The van der Waals surface area contributed by atoms with Crippen LogP contribution in [0.5, 0.6) is 5.88 Å². The minimum atomic E-state index is -3.65. The molecule has 0 saturated carbocycles. The molecule has 2 amide bonds. The molecule has 11 heteroatoms. The van der Waals surface area contributed by atoms with Crippen molar-refractivity contribution in [3.63, 3.8) is 0 Å². The van der Waals surface area contributed by atoms with E-state index in [2.05, 4.69) is 31.8 Å². The van der Waals surface area contributed by atoms with E-state index in [1.54, 1.807) is 4.68 Å². The Balaban J connectivity index is 1.30. The van der Waals surface area contributed by atoms with Gasteiger partial charge in [-0.1, -0.05) is 6.07 Å². The molecule has 0 spiro atoms. The number of ether oxygens (including phenoxy) is 1. The molecule has 0 fully saturated rings. The van der Waals surface area contributed by atoms with Crippen LogP contribution in [0.2, 0.25) is 0 Å². The Morgan fingerprint density at radius 1 is 1.21 bits per heavy atom. The maximum absolute atomic E-state index is 13.2. The number of likely N-dealkylation sites (N-methyl/N-ethyl adjacent to an activating group) is 1. The number of benzene rings is 1. The number of hydrogen-bond donors (Lipinski definition) is 5. The minimum absolute atomic E-state index is 0.0684. The van der Waals surface area contributed by atoms with E-state index in [-0.39, 0.29) is 16.8 Å². The van der Waals surface area contributed by atoms with Gasteiger partial charge in [0.25, 0.3) is 0 Å². The van der Waals surface area contributed by atoms with Crippen LogP contribution in [-0.4, -0.2) is 52.8 Å². The highest BCUT2D eigenvalue weighted by molar-refractivity contribution is 7.91. The Hall–Kier alpha value is -2.63. The summed E-state index contributed by atoms with van der Waals surface area (Å²) in [4.78, 5) is 13.0. The summed E-state index contributed by atoms with van der Waals surface area (Å²) in [5, 5.41) is 13.6. The number of aryl methyl sites for hydroxylation is 2. The fourth-order valence-electron chi connectivity index (χ4n) is 5.09. The molecular formula is C22H31N7O3S. The molecule has 2 atom stereocenters. The molecule has 33 heavy (non-hydrogen) atoms. The van der Waals surface area contributed by atoms with Gasteiger partial charge in [0.1, 0.15) is 11.5 Å². The van der Waals surface area contributed by atoms with Crippen molar-refractivity contribution in [3.8, 4) is 5.88 Å². The minimum Gasteiger partial charge on any atom is -0.475 e. The molecule has 1 aromatic carbocycles. The van der Waals surface area contributed by atoms with Crippen LogP contribution in [0.3, 0.4) is 0 Å². The maximum atomic E-state index is 13.2. The van der Waals surface area contributed by atoms with E-state index >= 15 is 0 Å². The van der Waals surface area contributed by atoms with E-state index in [1.807, 2.05) is 7.05 Å². The number of carbonyl (C=O) groups is 1. The van der Waals surface area contributed by atoms with E-state index < -0.39 is 15.9 Å². The first-order valence-electron chi connectivity index (χ1n) is 11.6. The zero-order chi connectivity index (χ0) is 23.0. The molecule has 178 valence electrons. The number of nitrogens with one attached hydrogen (secondary N) is 5. The second-order valence-corrected chi connectivity index (χ2v) is 10.7. The standard InChI is InChI=1S/C22H31N7O3S/c1-24-8-9-25-16-12-29-21(32-13-16)19(11-26-29)33(23,31)28-22(30)27-20-17-6-2-4-14(17)10-15-5-3-7-18(15)20/h10-11,16,24-25H,2-9,12-13H2,1H3,(H3,23,27,28,30,31). The number of urea groups is 1. The van der Waals surface area contributed by atoms with Gasteiger partial charge in [0.2, 0.25) is 5.88 Å². The van der Waals surface area contributed by atoms with E-state index in [9.17, 15) is 9.00 Å². The Morgan fingerprint density at radius 3 is 2.64 bits per heavy atom. The predicted molar refractivity (Wildman–Crippen MR) is 125 cm³/mol. The lowest BCUT2D eigenvalue weighted by Gasteiger charge is -2.25. The van der Waals surface area contributed by atoms with Crippen molar-refractivity contribution in [1.29, 1.82) is 4.78 Å². The highest BCUT2D eigenvalue weighted by atomic mass is 32.2. The first-order chi connectivity index (χ1) is 16.0. The lowest BCUT2D eigenvalue weighted by Crippen LogP contribution is -2.44. The molecule has 2 aliphatic carbocycles. The summed E-state index contributed by atoms with van der Waals surface area (Å²) in [7, 11) is -1.75. The van der Waals surface area contributed by atoms with Crippen molar-refractivity contribution in [2.75, 3.05) is 32.1 Å². The van der Waals surface area contributed by atoms with Crippen molar-refractivity contribution in [1.82, 2.24) is 25.1 Å². The van der Waals surface area contributed by atoms with E-state index in [0.29, 0.717) is 13.2 Å². The first-order valence-corrected chi connectivity index (χ1v) is 13.1. The predicted octanol–water partition coefficient (Wildman–Crippen LogP) is 1.57. The van der Waals surface area contributed by atoms with Crippen molar-refractivity contribution >= 4 is 21.6 Å². The highest BCUT2D eigenvalue weighted by Crippen LogP contribution is 2.38. The smallest absolute Gasteiger partial charge is 0.331 e. The molecule has 2 heterocycles. The van der Waals surface area contributed by atoms with Gasteiger partial charge in [-0.3, -0.25) is 0 Å². The summed E-state index contributed by atoms with van der Waals surface area (Å²) in [6.07, 6.45) is 7.44. The molecule has 2 aromatic rings. The molecule has 5 rings (SSSR count). The summed E-state index contributed by atoms with van der Waals surface area (Å²) in [5.41, 5.74) is 5.83. The molecule has 2 unspecified atom stereocenters. The summed E-state index contributed by atoms with van der Waals surface area (Å²) < 4.78 is 31.4. The molecule has 1 aliphatic heterocycles. The van der Waals surface area contributed by atoms with Crippen LogP contribution in [-0.2, 0) is 42.1 Å². The Kier molecular flexibility index (Phi) is 6.02. The number of aromatic nitrogens is 2. The zero-order valence-electron chi connectivity index (χ0n) is 18.8. The first kappa shape index (κ1) is 22.2. The van der Waals surface area contributed by atoms with Crippen LogP contribution in [0, 0.1) is 4.78 Å². The second kappa shape index (κ2) is 8.96. The topological polar surface area (TPSA) is 133 Å². The number of nitrogens with zero attached hydrogens (tertiary/aromatic N) is 2. The number of rotatable bonds is 7. The third-order valence-electron chi connectivity index (χ3n) is 6.64. The molecule has 0 saturated heterocycles. The number of carbonyl (C=O) groups excluding carboxylic acids is 1. The van der Waals surface area contributed by atoms with E-state index in [4.69, 9.17) is 9.52 Å². The van der Waals surface area contributed by atoms with Gasteiger partial charge < -0.3 is 20.7 Å². The maximum Gasteiger partial charge on any atom is 0.331 e. The van der Waals surface area contributed by atoms with Gasteiger partial charge in [0.15, 0.2) is 9.92 Å². The van der Waals surface area contributed by atoms with E-state index in [0.717, 1.165) is 57.3 Å². The monoisotopic (exact) mass is 473 g/mol. The molecule has 0 radical (unpaired) electrons. The third kappa shape index (κ3) is 4.32. The van der Waals surface area contributed by atoms with Gasteiger partial charge in [-0.25, -0.2) is 23.2 Å². The quantitative estimate of drug-likeness (QED) is 0.388. The van der Waals surface area contributed by atoms with Gasteiger partial charge in [-0.15, -0.1) is 0 Å². The summed E-state index contributed by atoms with van der Waals surface area (Å²) >= 11 is 0. The number of anilines is 1. The summed E-state index contributed by atoms with van der Waals surface area (Å²) in [6, 6.07) is 1.73. The lowest BCUT2D eigenvalue weighted by atomic mass is 9.99. The van der Waals surface area contributed by atoms with Crippen LogP contribution >= 0.6 is 0 Å². The molecule has 3 aliphatic rings. The van der Waals surface area contributed by atoms with Crippen LogP contribution in [0.4, 0.5) is 10.5 Å². The van der Waals surface area contributed by atoms with Gasteiger partial charge in [-0.2, -0.15) is 5.10 Å². The zero-order valence-corrected chi connectivity index (χ0v) is 19.6.